The average molecular weight is 315 g/mol. The van der Waals surface area contributed by atoms with E-state index in [-0.39, 0.29) is 17.9 Å². The van der Waals surface area contributed by atoms with Crippen LogP contribution in [-0.4, -0.2) is 46.2 Å². The lowest BCUT2D eigenvalue weighted by Crippen LogP contribution is -2.51. The van der Waals surface area contributed by atoms with Crippen molar-refractivity contribution < 1.29 is 9.59 Å². The predicted octanol–water partition coefficient (Wildman–Crippen LogP) is 2.19. The van der Waals surface area contributed by atoms with Crippen LogP contribution in [0, 0.1) is 0 Å². The zero-order chi connectivity index (χ0) is 15.5. The first-order valence-corrected chi connectivity index (χ1v) is 8.10. The van der Waals surface area contributed by atoms with Gasteiger partial charge >= 0.3 is 0 Å². The molecule has 2 amide bonds. The number of carbonyl (C=O) groups excluding carboxylic acids is 2. The van der Waals surface area contributed by atoms with Gasteiger partial charge in [-0.15, -0.1) is 11.3 Å². The van der Waals surface area contributed by atoms with Gasteiger partial charge in [0.05, 0.1) is 11.6 Å². The summed E-state index contributed by atoms with van der Waals surface area (Å²) < 4.78 is 0. The molecule has 3 rings (SSSR count). The minimum absolute atomic E-state index is 0.0432. The second-order valence-corrected chi connectivity index (χ2v) is 5.98. The molecule has 0 bridgehead atoms. The van der Waals surface area contributed by atoms with Crippen LogP contribution in [0.2, 0.25) is 0 Å². The molecule has 1 atom stereocenters. The molecule has 1 aliphatic heterocycles. The zero-order valence-corrected chi connectivity index (χ0v) is 13.1. The van der Waals surface area contributed by atoms with Crippen LogP contribution in [0.15, 0.2) is 41.2 Å². The van der Waals surface area contributed by atoms with Gasteiger partial charge in [0.15, 0.2) is 0 Å². The molecule has 22 heavy (non-hydrogen) atoms. The summed E-state index contributed by atoms with van der Waals surface area (Å²) in [6.45, 7) is 3.18. The molecule has 1 aromatic heterocycles. The van der Waals surface area contributed by atoms with Crippen molar-refractivity contribution in [1.29, 1.82) is 0 Å². The fraction of sp³-hybridized carbons (Fsp3) is 0.312. The topological polar surface area (TPSA) is 53.5 Å². The zero-order valence-electron chi connectivity index (χ0n) is 12.3. The van der Waals surface area contributed by atoms with Crippen molar-refractivity contribution in [2.24, 2.45) is 0 Å². The van der Waals surface area contributed by atoms with Gasteiger partial charge in [0.25, 0.3) is 5.91 Å². The lowest BCUT2D eigenvalue weighted by molar-refractivity contribution is -0.131. The third kappa shape index (κ3) is 2.87. The van der Waals surface area contributed by atoms with E-state index in [9.17, 15) is 9.59 Å². The van der Waals surface area contributed by atoms with E-state index in [2.05, 4.69) is 4.98 Å². The number of rotatable bonds is 2. The van der Waals surface area contributed by atoms with Crippen LogP contribution in [0.4, 0.5) is 0 Å². The molecular formula is C16H17N3O2S. The van der Waals surface area contributed by atoms with E-state index < -0.39 is 0 Å². The van der Waals surface area contributed by atoms with Gasteiger partial charge in [-0.05, 0) is 5.56 Å². The van der Waals surface area contributed by atoms with Crippen LogP contribution >= 0.6 is 11.3 Å². The number of hydrogen-bond donors (Lipinski definition) is 0. The fourth-order valence-electron chi connectivity index (χ4n) is 2.74. The third-order valence-corrected chi connectivity index (χ3v) is 4.51. The molecule has 0 unspecified atom stereocenters. The molecular weight excluding hydrogens is 298 g/mol. The Labute approximate surface area is 133 Å². The van der Waals surface area contributed by atoms with Gasteiger partial charge < -0.3 is 9.80 Å². The number of carbonyl (C=O) groups is 2. The Bertz CT molecular complexity index is 657. The summed E-state index contributed by atoms with van der Waals surface area (Å²) in [5, 5.41) is 1.77. The largest absolute Gasteiger partial charge is 0.339 e. The van der Waals surface area contributed by atoms with Gasteiger partial charge in [0.2, 0.25) is 5.91 Å². The smallest absolute Gasteiger partial charge is 0.273 e. The fourth-order valence-corrected chi connectivity index (χ4v) is 3.26. The Kier molecular flexibility index (Phi) is 4.20. The van der Waals surface area contributed by atoms with E-state index in [0.717, 1.165) is 5.56 Å². The molecule has 0 spiro atoms. The molecule has 5 nitrogen and oxygen atoms in total. The molecule has 1 saturated heterocycles. The van der Waals surface area contributed by atoms with E-state index >= 15 is 0 Å². The van der Waals surface area contributed by atoms with Gasteiger partial charge in [-0.3, -0.25) is 9.59 Å². The molecule has 114 valence electrons. The minimum atomic E-state index is -0.131. The van der Waals surface area contributed by atoms with Crippen LogP contribution in [0.25, 0.3) is 0 Å². The maximum Gasteiger partial charge on any atom is 0.273 e. The maximum absolute atomic E-state index is 12.7. The van der Waals surface area contributed by atoms with E-state index in [4.69, 9.17) is 0 Å². The first-order chi connectivity index (χ1) is 10.7. The van der Waals surface area contributed by atoms with Gasteiger partial charge in [-0.25, -0.2) is 4.98 Å². The van der Waals surface area contributed by atoms with Crippen LogP contribution in [0.3, 0.4) is 0 Å². The summed E-state index contributed by atoms with van der Waals surface area (Å²) in [4.78, 5) is 32.1. The van der Waals surface area contributed by atoms with Gasteiger partial charge in [0.1, 0.15) is 5.69 Å². The summed E-state index contributed by atoms with van der Waals surface area (Å²) in [6, 6.07) is 9.71. The van der Waals surface area contributed by atoms with E-state index in [1.165, 1.54) is 11.3 Å². The predicted molar refractivity (Wildman–Crippen MR) is 84.6 cm³/mol. The molecule has 0 aliphatic carbocycles. The highest BCUT2D eigenvalue weighted by Crippen LogP contribution is 2.27. The van der Waals surface area contributed by atoms with Crippen molar-refractivity contribution >= 4 is 23.2 Å². The Hall–Kier alpha value is -2.21. The maximum atomic E-state index is 12.7. The summed E-state index contributed by atoms with van der Waals surface area (Å²) in [5.74, 6) is -0.0278. The molecule has 2 aromatic rings. The molecule has 6 heteroatoms. The quantitative estimate of drug-likeness (QED) is 0.853. The van der Waals surface area contributed by atoms with Crippen LogP contribution in [0.1, 0.15) is 29.0 Å². The Morgan fingerprint density at radius 1 is 1.23 bits per heavy atom. The number of thiazole rings is 1. The number of aromatic nitrogens is 1. The van der Waals surface area contributed by atoms with E-state index in [0.29, 0.717) is 25.3 Å². The summed E-state index contributed by atoms with van der Waals surface area (Å²) in [7, 11) is 0. The van der Waals surface area contributed by atoms with Crippen molar-refractivity contribution in [3.8, 4) is 0 Å². The monoisotopic (exact) mass is 315 g/mol. The molecule has 2 heterocycles. The molecule has 1 aliphatic rings. The highest BCUT2D eigenvalue weighted by atomic mass is 32.1. The van der Waals surface area contributed by atoms with Crippen molar-refractivity contribution in [1.82, 2.24) is 14.8 Å². The third-order valence-electron chi connectivity index (χ3n) is 3.92. The van der Waals surface area contributed by atoms with Crippen LogP contribution in [0.5, 0.6) is 0 Å². The van der Waals surface area contributed by atoms with Crippen molar-refractivity contribution in [2.45, 2.75) is 13.0 Å². The Morgan fingerprint density at radius 3 is 2.64 bits per heavy atom. The molecule has 0 radical (unpaired) electrons. The van der Waals surface area contributed by atoms with Crippen molar-refractivity contribution in [3.05, 3.63) is 52.5 Å². The average Bonchev–Trinajstić information content (AvgIpc) is 3.09. The summed E-state index contributed by atoms with van der Waals surface area (Å²) in [5.41, 5.74) is 3.18. The summed E-state index contributed by atoms with van der Waals surface area (Å²) in [6.07, 6.45) is 0. The summed E-state index contributed by atoms with van der Waals surface area (Å²) >= 11 is 1.41. The number of benzene rings is 1. The molecule has 1 fully saturated rings. The molecule has 0 saturated carbocycles. The standard InChI is InChI=1S/C16H17N3O2S/c1-12(20)18-7-8-19(16(21)14-10-22-11-17-14)15(9-18)13-5-3-2-4-6-13/h2-6,10-11,15H,7-9H2,1H3/t15-/m0/s1. The number of nitrogens with zero attached hydrogens (tertiary/aromatic N) is 3. The van der Waals surface area contributed by atoms with Crippen molar-refractivity contribution in [2.75, 3.05) is 19.6 Å². The van der Waals surface area contributed by atoms with E-state index in [1.54, 1.807) is 22.7 Å². The highest BCUT2D eigenvalue weighted by Gasteiger charge is 2.33. The number of amides is 2. The van der Waals surface area contributed by atoms with E-state index in [1.807, 2.05) is 35.2 Å². The van der Waals surface area contributed by atoms with Crippen LogP contribution < -0.4 is 0 Å². The van der Waals surface area contributed by atoms with Gasteiger partial charge in [0, 0.05) is 31.9 Å². The lowest BCUT2D eigenvalue weighted by Gasteiger charge is -2.41. The normalized spacial score (nSPS) is 18.3. The first kappa shape index (κ1) is 14.7. The minimum Gasteiger partial charge on any atom is -0.339 e. The lowest BCUT2D eigenvalue weighted by atomic mass is 10.0. The number of piperazine rings is 1. The SMILES string of the molecule is CC(=O)N1CCN(C(=O)c2cscn2)[C@H](c2ccccc2)C1. The number of hydrogen-bond acceptors (Lipinski definition) is 4. The first-order valence-electron chi connectivity index (χ1n) is 7.16. The Morgan fingerprint density at radius 2 is 2.00 bits per heavy atom. The second kappa shape index (κ2) is 6.27. The van der Waals surface area contributed by atoms with Crippen LogP contribution in [-0.2, 0) is 4.79 Å². The molecule has 0 N–H and O–H groups in total. The van der Waals surface area contributed by atoms with Gasteiger partial charge in [-0.2, -0.15) is 0 Å². The second-order valence-electron chi connectivity index (χ2n) is 5.26. The Balaban J connectivity index is 1.90. The highest BCUT2D eigenvalue weighted by molar-refractivity contribution is 7.07. The van der Waals surface area contributed by atoms with Crippen molar-refractivity contribution in [3.63, 3.8) is 0 Å². The molecule has 1 aromatic carbocycles. The van der Waals surface area contributed by atoms with Gasteiger partial charge in [-0.1, -0.05) is 30.3 Å².